The molecule has 36 heavy (non-hydrogen) atoms. The number of ether oxygens (including phenoxy) is 1. The normalized spacial score (nSPS) is 21.4. The molecule has 10 heteroatoms. The number of carbonyl (C=O) groups excluding carboxylic acids is 1. The van der Waals surface area contributed by atoms with Crippen LogP contribution in [0.25, 0.3) is 27.7 Å². The van der Waals surface area contributed by atoms with Gasteiger partial charge in [0, 0.05) is 42.7 Å². The first-order valence-electron chi connectivity index (χ1n) is 12.6. The van der Waals surface area contributed by atoms with Crippen LogP contribution in [0, 0.1) is 0 Å². The number of rotatable bonds is 7. The molecule has 4 heterocycles. The highest BCUT2D eigenvalue weighted by atomic mass is 19.1. The Hall–Kier alpha value is -3.53. The third-order valence-electron chi connectivity index (χ3n) is 7.67. The molecule has 6 rings (SSSR count). The molecule has 0 spiro atoms. The maximum atomic E-state index is 14.3. The van der Waals surface area contributed by atoms with E-state index in [1.54, 1.807) is 24.0 Å². The van der Waals surface area contributed by atoms with Gasteiger partial charge in [-0.1, -0.05) is 0 Å². The van der Waals surface area contributed by atoms with Gasteiger partial charge in [-0.3, -0.25) is 4.79 Å². The van der Waals surface area contributed by atoms with Crippen LogP contribution in [-0.2, 0) is 4.74 Å². The fourth-order valence-electron chi connectivity index (χ4n) is 5.24. The second-order valence-electron chi connectivity index (χ2n) is 10.0. The minimum absolute atomic E-state index is 0.113. The van der Waals surface area contributed by atoms with Gasteiger partial charge in [0.25, 0.3) is 5.91 Å². The van der Waals surface area contributed by atoms with Crippen molar-refractivity contribution in [2.24, 2.45) is 0 Å². The zero-order valence-electron chi connectivity index (χ0n) is 20.3. The average Bonchev–Trinajstić information content (AvgIpc) is 3.50. The van der Waals surface area contributed by atoms with Gasteiger partial charge in [0.15, 0.2) is 0 Å². The zero-order valence-corrected chi connectivity index (χ0v) is 20.3. The molecule has 0 aromatic carbocycles. The molecule has 0 saturated heterocycles. The Balaban J connectivity index is 1.22. The predicted octanol–water partition coefficient (Wildman–Crippen LogP) is 4.26. The highest BCUT2D eigenvalue weighted by Gasteiger charge is 2.36. The van der Waals surface area contributed by atoms with E-state index in [0.717, 1.165) is 54.1 Å². The Labute approximate surface area is 207 Å². The van der Waals surface area contributed by atoms with Crippen LogP contribution in [0.2, 0.25) is 0 Å². The van der Waals surface area contributed by atoms with Crippen molar-refractivity contribution in [1.82, 2.24) is 29.9 Å². The van der Waals surface area contributed by atoms with Crippen LogP contribution < -0.4 is 10.6 Å². The molecule has 2 aliphatic carbocycles. The van der Waals surface area contributed by atoms with Crippen LogP contribution in [0.1, 0.15) is 55.3 Å². The molecule has 2 aliphatic rings. The third-order valence-corrected chi connectivity index (χ3v) is 7.67. The Kier molecular flexibility index (Phi) is 5.83. The van der Waals surface area contributed by atoms with E-state index >= 15 is 0 Å². The van der Waals surface area contributed by atoms with Crippen molar-refractivity contribution in [1.29, 1.82) is 0 Å². The summed E-state index contributed by atoms with van der Waals surface area (Å²) in [6, 6.07) is 4.06. The monoisotopic (exact) mass is 491 g/mol. The molecule has 1 amide bonds. The van der Waals surface area contributed by atoms with E-state index in [-0.39, 0.29) is 24.6 Å². The van der Waals surface area contributed by atoms with E-state index < -0.39 is 5.67 Å². The standard InChI is InChI=1S/C26H30FN7O2/c1-36-18-5-3-17(4-6-18)32-24(35)21-14-31-34-10-7-16(11-22(21)34)19-12-28-23-20(19)13-29-25(33-23)30-15-26(27)8-2-9-26/h7,10-14,17-18H,2-6,8-9,15H2,1H3,(H,32,35)(H2,28,29,30,33). The number of hydrogen-bond acceptors (Lipinski definition) is 6. The van der Waals surface area contributed by atoms with Crippen molar-refractivity contribution in [2.75, 3.05) is 19.0 Å². The summed E-state index contributed by atoms with van der Waals surface area (Å²) in [5.41, 5.74) is 2.65. The van der Waals surface area contributed by atoms with Gasteiger partial charge in [-0.25, -0.2) is 13.9 Å². The first-order valence-corrected chi connectivity index (χ1v) is 12.6. The number of nitrogens with one attached hydrogen (secondary N) is 3. The molecule has 0 radical (unpaired) electrons. The Morgan fingerprint density at radius 1 is 1.28 bits per heavy atom. The minimum Gasteiger partial charge on any atom is -0.381 e. The number of amides is 1. The fraction of sp³-hybridized carbons (Fsp3) is 0.462. The Morgan fingerprint density at radius 2 is 2.11 bits per heavy atom. The fourth-order valence-corrected chi connectivity index (χ4v) is 5.24. The highest BCUT2D eigenvalue weighted by molar-refractivity contribution is 6.02. The van der Waals surface area contributed by atoms with Crippen LogP contribution in [-0.4, -0.2) is 61.9 Å². The number of anilines is 1. The van der Waals surface area contributed by atoms with Gasteiger partial charge in [-0.15, -0.1) is 0 Å². The molecule has 3 N–H and O–H groups in total. The molecule has 4 aromatic rings. The number of hydrogen-bond donors (Lipinski definition) is 3. The van der Waals surface area contributed by atoms with Crippen LogP contribution in [0.15, 0.2) is 36.9 Å². The van der Waals surface area contributed by atoms with E-state index in [9.17, 15) is 9.18 Å². The second kappa shape index (κ2) is 9.16. The lowest BCUT2D eigenvalue weighted by molar-refractivity contribution is 0.0599. The van der Waals surface area contributed by atoms with Crippen molar-refractivity contribution in [3.05, 3.63) is 42.5 Å². The smallest absolute Gasteiger partial charge is 0.255 e. The summed E-state index contributed by atoms with van der Waals surface area (Å²) in [6.07, 6.45) is 13.2. The summed E-state index contributed by atoms with van der Waals surface area (Å²) in [5.74, 6) is 0.294. The average molecular weight is 492 g/mol. The van der Waals surface area contributed by atoms with Gasteiger partial charge < -0.3 is 20.4 Å². The number of H-pyrrole nitrogens is 1. The Bertz CT molecular complexity index is 1400. The predicted molar refractivity (Wildman–Crippen MR) is 135 cm³/mol. The SMILES string of the molecule is COC1CCC(NC(=O)c2cnn3ccc(-c4c[nH]c5nc(NCC6(F)CCC6)ncc45)cc23)CC1. The maximum absolute atomic E-state index is 14.3. The molecule has 188 valence electrons. The summed E-state index contributed by atoms with van der Waals surface area (Å²) < 4.78 is 21.5. The molecule has 9 nitrogen and oxygen atoms in total. The van der Waals surface area contributed by atoms with E-state index in [2.05, 4.69) is 30.7 Å². The molecule has 2 fully saturated rings. The van der Waals surface area contributed by atoms with Gasteiger partial charge in [-0.05, 0) is 62.6 Å². The molecule has 0 bridgehead atoms. The Morgan fingerprint density at radius 3 is 2.86 bits per heavy atom. The molecule has 0 aliphatic heterocycles. The van der Waals surface area contributed by atoms with E-state index in [1.165, 1.54) is 0 Å². The summed E-state index contributed by atoms with van der Waals surface area (Å²) in [5, 5.41) is 11.4. The first kappa shape index (κ1) is 22.9. The van der Waals surface area contributed by atoms with Crippen molar-refractivity contribution < 1.29 is 13.9 Å². The first-order chi connectivity index (χ1) is 17.5. The van der Waals surface area contributed by atoms with Crippen molar-refractivity contribution in [3.8, 4) is 11.1 Å². The van der Waals surface area contributed by atoms with Gasteiger partial charge in [0.2, 0.25) is 5.95 Å². The largest absolute Gasteiger partial charge is 0.381 e. The van der Waals surface area contributed by atoms with E-state index in [4.69, 9.17) is 4.74 Å². The number of methoxy groups -OCH3 is 1. The lowest BCUT2D eigenvalue weighted by Crippen LogP contribution is -2.39. The van der Waals surface area contributed by atoms with E-state index in [1.807, 2.05) is 24.5 Å². The molecule has 2 saturated carbocycles. The lowest BCUT2D eigenvalue weighted by Gasteiger charge is -2.33. The van der Waals surface area contributed by atoms with Crippen LogP contribution in [0.5, 0.6) is 0 Å². The number of aromatic amines is 1. The van der Waals surface area contributed by atoms with Gasteiger partial charge in [0.05, 0.1) is 29.9 Å². The lowest BCUT2D eigenvalue weighted by atomic mass is 9.82. The maximum Gasteiger partial charge on any atom is 0.255 e. The number of nitrogens with zero attached hydrogens (tertiary/aromatic N) is 4. The summed E-state index contributed by atoms with van der Waals surface area (Å²) in [4.78, 5) is 25.2. The van der Waals surface area contributed by atoms with Crippen LogP contribution in [0.4, 0.5) is 10.3 Å². The number of halogens is 1. The number of alkyl halides is 1. The molecule has 0 atom stereocenters. The number of fused-ring (bicyclic) bond motifs is 2. The molecule has 4 aromatic heterocycles. The molecular weight excluding hydrogens is 461 g/mol. The zero-order chi connectivity index (χ0) is 24.7. The molecular formula is C26H30FN7O2. The highest BCUT2D eigenvalue weighted by Crippen LogP contribution is 2.36. The quantitative estimate of drug-likeness (QED) is 0.356. The number of carbonyl (C=O) groups is 1. The van der Waals surface area contributed by atoms with E-state index in [0.29, 0.717) is 30.0 Å². The number of pyridine rings is 1. The van der Waals surface area contributed by atoms with Crippen LogP contribution >= 0.6 is 0 Å². The van der Waals surface area contributed by atoms with Gasteiger partial charge in [-0.2, -0.15) is 10.1 Å². The topological polar surface area (TPSA) is 109 Å². The summed E-state index contributed by atoms with van der Waals surface area (Å²) in [6.45, 7) is 0.225. The van der Waals surface area contributed by atoms with Crippen molar-refractivity contribution >= 4 is 28.4 Å². The van der Waals surface area contributed by atoms with Crippen LogP contribution in [0.3, 0.4) is 0 Å². The number of aromatic nitrogens is 5. The van der Waals surface area contributed by atoms with Gasteiger partial charge in [0.1, 0.15) is 11.3 Å². The second-order valence-corrected chi connectivity index (χ2v) is 10.0. The minimum atomic E-state index is -1.15. The summed E-state index contributed by atoms with van der Waals surface area (Å²) in [7, 11) is 1.74. The van der Waals surface area contributed by atoms with Crippen molar-refractivity contribution in [2.45, 2.75) is 62.8 Å². The van der Waals surface area contributed by atoms with Crippen molar-refractivity contribution in [3.63, 3.8) is 0 Å². The van der Waals surface area contributed by atoms with Gasteiger partial charge >= 0.3 is 0 Å². The third kappa shape index (κ3) is 4.30. The molecule has 0 unspecified atom stereocenters. The summed E-state index contributed by atoms with van der Waals surface area (Å²) >= 11 is 0.